The molecule has 2 rings (SSSR count). The summed E-state index contributed by atoms with van der Waals surface area (Å²) in [4.78, 5) is 2.33. The van der Waals surface area contributed by atoms with E-state index in [1.165, 1.54) is 16.8 Å². The van der Waals surface area contributed by atoms with E-state index in [0.717, 1.165) is 25.9 Å². The van der Waals surface area contributed by atoms with E-state index in [0.29, 0.717) is 6.04 Å². The maximum Gasteiger partial charge on any atom is 0.0712 e. The minimum atomic E-state index is -0.300. The summed E-state index contributed by atoms with van der Waals surface area (Å²) in [5, 5.41) is 13.3. The maximum atomic E-state index is 9.80. The molecule has 20 heavy (non-hydrogen) atoms. The van der Waals surface area contributed by atoms with Gasteiger partial charge in [0, 0.05) is 18.3 Å². The highest BCUT2D eigenvalue weighted by Gasteiger charge is 2.26. The van der Waals surface area contributed by atoms with E-state index in [1.54, 1.807) is 0 Å². The predicted molar refractivity (Wildman–Crippen MR) is 85.3 cm³/mol. The Balaban J connectivity index is 2.14. The molecule has 1 aromatic rings. The molecule has 0 saturated carbocycles. The third kappa shape index (κ3) is 3.15. The van der Waals surface area contributed by atoms with E-state index in [9.17, 15) is 5.11 Å². The zero-order chi connectivity index (χ0) is 14.7. The van der Waals surface area contributed by atoms with E-state index in [-0.39, 0.29) is 12.1 Å². The SMILES string of the molecule is CCCNC(C)c1ccc2c(c1)CCN2C(C)C(C)O. The minimum absolute atomic E-state index is 0.178. The average molecular weight is 276 g/mol. The highest BCUT2D eigenvalue weighted by molar-refractivity contribution is 5.60. The predicted octanol–water partition coefficient (Wildman–Crippen LogP) is 2.88. The molecule has 3 heteroatoms. The summed E-state index contributed by atoms with van der Waals surface area (Å²) in [6.45, 7) is 10.5. The molecule has 0 fully saturated rings. The lowest BCUT2D eigenvalue weighted by Gasteiger charge is -2.29. The summed E-state index contributed by atoms with van der Waals surface area (Å²) in [7, 11) is 0. The van der Waals surface area contributed by atoms with Gasteiger partial charge in [-0.15, -0.1) is 0 Å². The number of anilines is 1. The zero-order valence-electron chi connectivity index (χ0n) is 13.2. The smallest absolute Gasteiger partial charge is 0.0712 e. The lowest BCUT2D eigenvalue weighted by atomic mass is 10.0. The number of aliphatic hydroxyl groups is 1. The highest BCUT2D eigenvalue weighted by atomic mass is 16.3. The van der Waals surface area contributed by atoms with Crippen LogP contribution in [0.1, 0.15) is 51.3 Å². The van der Waals surface area contributed by atoms with Crippen LogP contribution in [0.3, 0.4) is 0 Å². The van der Waals surface area contributed by atoms with Gasteiger partial charge in [0.2, 0.25) is 0 Å². The standard InChI is InChI=1S/C17H28N2O/c1-5-9-18-12(2)15-6-7-17-16(11-15)8-10-19(17)13(3)14(4)20/h6-7,11-14,18,20H,5,8-10H2,1-4H3. The fraction of sp³-hybridized carbons (Fsp3) is 0.647. The number of fused-ring (bicyclic) bond motifs is 1. The van der Waals surface area contributed by atoms with Crippen LogP contribution in [0.2, 0.25) is 0 Å². The van der Waals surface area contributed by atoms with Crippen molar-refractivity contribution in [2.45, 2.75) is 58.7 Å². The van der Waals surface area contributed by atoms with Crippen LogP contribution < -0.4 is 10.2 Å². The molecule has 0 radical (unpaired) electrons. The van der Waals surface area contributed by atoms with Gasteiger partial charge in [0.05, 0.1) is 12.1 Å². The first-order chi connectivity index (χ1) is 9.54. The van der Waals surface area contributed by atoms with E-state index in [4.69, 9.17) is 0 Å². The molecule has 3 unspecified atom stereocenters. The molecule has 0 spiro atoms. The molecule has 1 aliphatic rings. The van der Waals surface area contributed by atoms with Crippen LogP contribution in [0.4, 0.5) is 5.69 Å². The number of hydrogen-bond acceptors (Lipinski definition) is 3. The number of benzene rings is 1. The molecule has 0 aromatic heterocycles. The molecule has 0 saturated heterocycles. The van der Waals surface area contributed by atoms with Crippen LogP contribution in [-0.2, 0) is 6.42 Å². The van der Waals surface area contributed by atoms with Crippen molar-refractivity contribution in [3.63, 3.8) is 0 Å². The van der Waals surface area contributed by atoms with Gasteiger partial charge in [0.1, 0.15) is 0 Å². The largest absolute Gasteiger partial charge is 0.391 e. The molecule has 2 N–H and O–H groups in total. The first-order valence-corrected chi connectivity index (χ1v) is 7.85. The summed E-state index contributed by atoms with van der Waals surface area (Å²) in [6.07, 6.45) is 1.95. The Morgan fingerprint density at radius 1 is 1.30 bits per heavy atom. The van der Waals surface area contributed by atoms with Crippen molar-refractivity contribution in [2.24, 2.45) is 0 Å². The van der Waals surface area contributed by atoms with Gasteiger partial charge in [0.25, 0.3) is 0 Å². The fourth-order valence-corrected chi connectivity index (χ4v) is 2.88. The van der Waals surface area contributed by atoms with Crippen LogP contribution in [0.15, 0.2) is 18.2 Å². The Kier molecular flexibility index (Phi) is 5.06. The molecule has 3 atom stereocenters. The quantitative estimate of drug-likeness (QED) is 0.838. The van der Waals surface area contributed by atoms with E-state index < -0.39 is 0 Å². The van der Waals surface area contributed by atoms with Gasteiger partial charge in [-0.3, -0.25) is 0 Å². The van der Waals surface area contributed by atoms with Crippen molar-refractivity contribution in [2.75, 3.05) is 18.0 Å². The van der Waals surface area contributed by atoms with Gasteiger partial charge in [0.15, 0.2) is 0 Å². The zero-order valence-corrected chi connectivity index (χ0v) is 13.2. The fourth-order valence-electron chi connectivity index (χ4n) is 2.88. The second-order valence-electron chi connectivity index (χ2n) is 5.99. The second kappa shape index (κ2) is 6.59. The Hall–Kier alpha value is -1.06. The van der Waals surface area contributed by atoms with Crippen molar-refractivity contribution in [3.8, 4) is 0 Å². The average Bonchev–Trinajstić information content (AvgIpc) is 2.86. The molecule has 112 valence electrons. The van der Waals surface area contributed by atoms with Gasteiger partial charge in [-0.05, 0) is 57.4 Å². The normalized spacial score (nSPS) is 18.8. The number of nitrogens with one attached hydrogen (secondary N) is 1. The summed E-state index contributed by atoms with van der Waals surface area (Å²) in [5.41, 5.74) is 4.08. The molecule has 1 heterocycles. The van der Waals surface area contributed by atoms with Crippen LogP contribution >= 0.6 is 0 Å². The van der Waals surface area contributed by atoms with Crippen LogP contribution in [0.25, 0.3) is 0 Å². The monoisotopic (exact) mass is 276 g/mol. The van der Waals surface area contributed by atoms with Crippen molar-refractivity contribution in [3.05, 3.63) is 29.3 Å². The molecule has 0 amide bonds. The molecule has 1 aromatic carbocycles. The number of hydrogen-bond donors (Lipinski definition) is 2. The summed E-state index contributed by atoms with van der Waals surface area (Å²) in [6, 6.07) is 7.36. The molecular formula is C17H28N2O. The van der Waals surface area contributed by atoms with Crippen molar-refractivity contribution in [1.29, 1.82) is 0 Å². The Bertz CT molecular complexity index is 445. The van der Waals surface area contributed by atoms with E-state index in [1.807, 2.05) is 6.92 Å². The third-order valence-electron chi connectivity index (χ3n) is 4.43. The van der Waals surface area contributed by atoms with Crippen molar-refractivity contribution < 1.29 is 5.11 Å². The van der Waals surface area contributed by atoms with Crippen LogP contribution in [-0.4, -0.2) is 30.3 Å². The number of nitrogens with zero attached hydrogens (tertiary/aromatic N) is 1. The van der Waals surface area contributed by atoms with Gasteiger partial charge in [-0.25, -0.2) is 0 Å². The maximum absolute atomic E-state index is 9.80. The lowest BCUT2D eigenvalue weighted by Crippen LogP contribution is -2.39. The summed E-state index contributed by atoms with van der Waals surface area (Å²) in [5.74, 6) is 0. The Morgan fingerprint density at radius 3 is 2.70 bits per heavy atom. The first kappa shape index (κ1) is 15.3. The molecule has 0 bridgehead atoms. The third-order valence-corrected chi connectivity index (χ3v) is 4.43. The minimum Gasteiger partial charge on any atom is -0.391 e. The van der Waals surface area contributed by atoms with Gasteiger partial charge >= 0.3 is 0 Å². The van der Waals surface area contributed by atoms with Crippen molar-refractivity contribution >= 4 is 5.69 Å². The summed E-state index contributed by atoms with van der Waals surface area (Å²) >= 11 is 0. The first-order valence-electron chi connectivity index (χ1n) is 7.85. The molecular weight excluding hydrogens is 248 g/mol. The summed E-state index contributed by atoms with van der Waals surface area (Å²) < 4.78 is 0. The van der Waals surface area contributed by atoms with Crippen LogP contribution in [0.5, 0.6) is 0 Å². The molecule has 0 aliphatic carbocycles. The lowest BCUT2D eigenvalue weighted by molar-refractivity contribution is 0.166. The topological polar surface area (TPSA) is 35.5 Å². The number of rotatable bonds is 6. The van der Waals surface area contributed by atoms with Crippen molar-refractivity contribution in [1.82, 2.24) is 5.32 Å². The van der Waals surface area contributed by atoms with E-state index >= 15 is 0 Å². The Morgan fingerprint density at radius 2 is 2.05 bits per heavy atom. The van der Waals surface area contributed by atoms with Crippen LogP contribution in [0, 0.1) is 0 Å². The molecule has 3 nitrogen and oxygen atoms in total. The Labute approximate surface area is 123 Å². The molecule has 1 aliphatic heterocycles. The second-order valence-corrected chi connectivity index (χ2v) is 5.99. The highest BCUT2D eigenvalue weighted by Crippen LogP contribution is 2.32. The van der Waals surface area contributed by atoms with Gasteiger partial charge < -0.3 is 15.3 Å². The van der Waals surface area contributed by atoms with Gasteiger partial charge in [-0.1, -0.05) is 19.1 Å². The van der Waals surface area contributed by atoms with Gasteiger partial charge in [-0.2, -0.15) is 0 Å². The van der Waals surface area contributed by atoms with E-state index in [2.05, 4.69) is 49.2 Å². The number of aliphatic hydroxyl groups excluding tert-OH is 1.